The number of amides is 1. The molecule has 0 bridgehead atoms. The van der Waals surface area contributed by atoms with E-state index < -0.39 is 23.5 Å². The van der Waals surface area contributed by atoms with E-state index >= 15 is 0 Å². The van der Waals surface area contributed by atoms with Crippen LogP contribution in [0.25, 0.3) is 0 Å². The molecular weight excluding hydrogens is 333 g/mol. The summed E-state index contributed by atoms with van der Waals surface area (Å²) in [7, 11) is 0. The molecule has 0 atom stereocenters. The third-order valence-electron chi connectivity index (χ3n) is 2.83. The van der Waals surface area contributed by atoms with Gasteiger partial charge in [-0.2, -0.15) is 0 Å². The van der Waals surface area contributed by atoms with Gasteiger partial charge in [0.2, 0.25) is 0 Å². The number of nitrogens with zero attached hydrogens (tertiary/aromatic N) is 1. The van der Waals surface area contributed by atoms with Crippen LogP contribution in [0, 0.1) is 5.82 Å². The van der Waals surface area contributed by atoms with E-state index in [1.54, 1.807) is 6.92 Å². The summed E-state index contributed by atoms with van der Waals surface area (Å²) in [5.74, 6) is -2.61. The highest BCUT2D eigenvalue weighted by atomic mass is 79.9. The zero-order chi connectivity index (χ0) is 14.9. The minimum atomic E-state index is -0.774. The molecule has 0 unspecified atom stereocenters. The van der Waals surface area contributed by atoms with Gasteiger partial charge in [-0.05, 0) is 35.0 Å². The van der Waals surface area contributed by atoms with Gasteiger partial charge in [-0.15, -0.1) is 0 Å². The van der Waals surface area contributed by atoms with Crippen LogP contribution in [-0.2, 0) is 14.3 Å². The van der Waals surface area contributed by atoms with Gasteiger partial charge in [-0.1, -0.05) is 0 Å². The fraction of sp³-hybridized carbons (Fsp3) is 0.308. The van der Waals surface area contributed by atoms with Gasteiger partial charge < -0.3 is 9.64 Å². The molecule has 0 spiro atoms. The molecule has 1 aliphatic heterocycles. The number of carbonyl (C=O) groups excluding carboxylic acids is 3. The first kappa shape index (κ1) is 14.6. The van der Waals surface area contributed by atoms with E-state index in [0.29, 0.717) is 10.2 Å². The number of Topliss-reactive ketones (excluding diaryl/α,β-unsaturated/α-hetero) is 1. The number of carbonyl (C=O) groups is 3. The monoisotopic (exact) mass is 343 g/mol. The predicted molar refractivity (Wildman–Crippen MR) is 72.0 cm³/mol. The van der Waals surface area contributed by atoms with Crippen LogP contribution in [0.4, 0.5) is 10.1 Å². The van der Waals surface area contributed by atoms with Crippen molar-refractivity contribution in [2.24, 2.45) is 0 Å². The molecule has 1 amide bonds. The van der Waals surface area contributed by atoms with Crippen molar-refractivity contribution in [3.05, 3.63) is 28.0 Å². The average molecular weight is 344 g/mol. The van der Waals surface area contributed by atoms with Crippen LogP contribution in [0.15, 0.2) is 16.6 Å². The lowest BCUT2D eigenvalue weighted by Crippen LogP contribution is -2.32. The third kappa shape index (κ3) is 2.58. The molecule has 1 aliphatic rings. The van der Waals surface area contributed by atoms with E-state index in [-0.39, 0.29) is 25.1 Å². The standard InChI is InChI=1S/C13H11BrFNO4/c1-2-20-10(17)3-4-16-11-8(12(18)13(16)19)5-7(15)6-9(11)14/h5-6H,2-4H2,1H3. The number of ketones is 1. The molecule has 0 N–H and O–H groups in total. The van der Waals surface area contributed by atoms with Crippen LogP contribution >= 0.6 is 15.9 Å². The molecule has 5 nitrogen and oxygen atoms in total. The number of benzene rings is 1. The van der Waals surface area contributed by atoms with Crippen molar-refractivity contribution in [2.75, 3.05) is 18.1 Å². The maximum atomic E-state index is 13.3. The number of halogens is 2. The Bertz CT molecular complexity index is 602. The molecule has 0 radical (unpaired) electrons. The average Bonchev–Trinajstić information content (AvgIpc) is 2.61. The summed E-state index contributed by atoms with van der Waals surface area (Å²) in [6, 6.07) is 2.19. The van der Waals surface area contributed by atoms with Gasteiger partial charge in [0.15, 0.2) is 0 Å². The van der Waals surface area contributed by atoms with Gasteiger partial charge >= 0.3 is 5.97 Å². The van der Waals surface area contributed by atoms with Crippen molar-refractivity contribution >= 4 is 39.3 Å². The normalized spacial score (nSPS) is 13.7. The van der Waals surface area contributed by atoms with E-state index in [0.717, 1.165) is 11.0 Å². The van der Waals surface area contributed by atoms with Crippen LogP contribution in [0.1, 0.15) is 23.7 Å². The van der Waals surface area contributed by atoms with Crippen molar-refractivity contribution in [3.8, 4) is 0 Å². The second kappa shape index (κ2) is 5.70. The summed E-state index contributed by atoms with van der Waals surface area (Å²) in [6.45, 7) is 1.94. The molecule has 0 aromatic heterocycles. The van der Waals surface area contributed by atoms with Gasteiger partial charge in [-0.3, -0.25) is 14.4 Å². The number of hydrogen-bond acceptors (Lipinski definition) is 4. The van der Waals surface area contributed by atoms with E-state index in [1.807, 2.05) is 0 Å². The lowest BCUT2D eigenvalue weighted by molar-refractivity contribution is -0.142. The molecule has 20 heavy (non-hydrogen) atoms. The maximum Gasteiger partial charge on any atom is 0.307 e. The molecule has 0 saturated carbocycles. The Morgan fingerprint density at radius 2 is 2.10 bits per heavy atom. The van der Waals surface area contributed by atoms with Crippen LogP contribution in [0.5, 0.6) is 0 Å². The Morgan fingerprint density at radius 3 is 2.75 bits per heavy atom. The van der Waals surface area contributed by atoms with Crippen LogP contribution in [-0.4, -0.2) is 30.8 Å². The minimum absolute atomic E-state index is 0.00531. The maximum absolute atomic E-state index is 13.3. The van der Waals surface area contributed by atoms with Crippen LogP contribution in [0.3, 0.4) is 0 Å². The number of esters is 1. The Kier molecular flexibility index (Phi) is 4.17. The number of fused-ring (bicyclic) bond motifs is 1. The van der Waals surface area contributed by atoms with Gasteiger partial charge in [0.05, 0.1) is 24.3 Å². The zero-order valence-electron chi connectivity index (χ0n) is 10.6. The lowest BCUT2D eigenvalue weighted by atomic mass is 10.1. The van der Waals surface area contributed by atoms with Crippen molar-refractivity contribution < 1.29 is 23.5 Å². The first-order valence-electron chi connectivity index (χ1n) is 5.96. The highest BCUT2D eigenvalue weighted by Gasteiger charge is 2.37. The summed E-state index contributed by atoms with van der Waals surface area (Å²) >= 11 is 3.13. The van der Waals surface area contributed by atoms with E-state index in [9.17, 15) is 18.8 Å². The highest BCUT2D eigenvalue weighted by molar-refractivity contribution is 9.10. The highest BCUT2D eigenvalue weighted by Crippen LogP contribution is 2.36. The number of hydrogen-bond donors (Lipinski definition) is 0. The first-order valence-corrected chi connectivity index (χ1v) is 6.75. The topological polar surface area (TPSA) is 63.7 Å². The molecule has 0 fully saturated rings. The Morgan fingerprint density at radius 1 is 1.40 bits per heavy atom. The smallest absolute Gasteiger partial charge is 0.307 e. The largest absolute Gasteiger partial charge is 0.466 e. The van der Waals surface area contributed by atoms with Crippen molar-refractivity contribution in [1.29, 1.82) is 0 Å². The van der Waals surface area contributed by atoms with E-state index in [2.05, 4.69) is 15.9 Å². The third-order valence-corrected chi connectivity index (χ3v) is 3.43. The quantitative estimate of drug-likeness (QED) is 0.620. The summed E-state index contributed by atoms with van der Waals surface area (Å²) < 4.78 is 18.3. The molecule has 1 aromatic rings. The van der Waals surface area contributed by atoms with Crippen molar-refractivity contribution in [3.63, 3.8) is 0 Å². The molecular formula is C13H11BrFNO4. The predicted octanol–water partition coefficient (Wildman–Crippen LogP) is 2.07. The van der Waals surface area contributed by atoms with Gasteiger partial charge in [0.25, 0.3) is 11.7 Å². The molecule has 0 aliphatic carbocycles. The minimum Gasteiger partial charge on any atom is -0.466 e. The Hall–Kier alpha value is -1.76. The molecule has 7 heteroatoms. The SMILES string of the molecule is CCOC(=O)CCN1C(=O)C(=O)c2cc(F)cc(Br)c21. The summed E-state index contributed by atoms with van der Waals surface area (Å²) in [6.07, 6.45) is -0.0316. The van der Waals surface area contributed by atoms with Crippen LogP contribution < -0.4 is 4.90 Å². The van der Waals surface area contributed by atoms with Gasteiger partial charge in [0, 0.05) is 11.0 Å². The molecule has 106 valence electrons. The zero-order valence-corrected chi connectivity index (χ0v) is 12.2. The van der Waals surface area contributed by atoms with Crippen molar-refractivity contribution in [2.45, 2.75) is 13.3 Å². The molecule has 1 aromatic carbocycles. The van der Waals surface area contributed by atoms with Gasteiger partial charge in [-0.25, -0.2) is 4.39 Å². The number of rotatable bonds is 4. The fourth-order valence-electron chi connectivity index (χ4n) is 2.00. The summed E-state index contributed by atoms with van der Waals surface area (Å²) in [4.78, 5) is 36.2. The summed E-state index contributed by atoms with van der Waals surface area (Å²) in [5, 5.41) is 0. The lowest BCUT2D eigenvalue weighted by Gasteiger charge is -2.17. The van der Waals surface area contributed by atoms with E-state index in [4.69, 9.17) is 4.74 Å². The fourth-order valence-corrected chi connectivity index (χ4v) is 2.65. The molecule has 0 saturated heterocycles. The van der Waals surface area contributed by atoms with E-state index in [1.165, 1.54) is 6.07 Å². The van der Waals surface area contributed by atoms with Gasteiger partial charge in [0.1, 0.15) is 5.82 Å². The number of anilines is 1. The Labute approximate surface area is 122 Å². The second-order valence-electron chi connectivity index (χ2n) is 4.12. The first-order chi connectivity index (χ1) is 9.45. The Balaban J connectivity index is 2.27. The molecule has 2 rings (SSSR count). The number of ether oxygens (including phenoxy) is 1. The van der Waals surface area contributed by atoms with Crippen LogP contribution in [0.2, 0.25) is 0 Å². The second-order valence-corrected chi connectivity index (χ2v) is 4.98. The van der Waals surface area contributed by atoms with Crippen molar-refractivity contribution in [1.82, 2.24) is 0 Å². The molecule has 1 heterocycles. The summed E-state index contributed by atoms with van der Waals surface area (Å²) in [5.41, 5.74) is 0.302.